The molecule has 0 unspecified atom stereocenters. The lowest BCUT2D eigenvalue weighted by Gasteiger charge is -2.12. The minimum atomic E-state index is -0.0214. The predicted molar refractivity (Wildman–Crippen MR) is 98.0 cm³/mol. The Labute approximate surface area is 150 Å². The Morgan fingerprint density at radius 3 is 2.56 bits per heavy atom. The molecule has 2 heterocycles. The van der Waals surface area contributed by atoms with Gasteiger partial charge in [-0.3, -0.25) is 9.13 Å². The van der Waals surface area contributed by atoms with Crippen molar-refractivity contribution >= 4 is 22.6 Å². The first kappa shape index (κ1) is 16.1. The van der Waals surface area contributed by atoms with Gasteiger partial charge in [0.05, 0.1) is 35.8 Å². The molecule has 5 nitrogen and oxygen atoms in total. The Kier molecular flexibility index (Phi) is 4.17. The molecule has 0 spiro atoms. The van der Waals surface area contributed by atoms with Gasteiger partial charge in [0, 0.05) is 13.0 Å². The van der Waals surface area contributed by atoms with Crippen LogP contribution in [0.5, 0.6) is 11.5 Å². The number of aryl methyl sites for hydroxylation is 1. The second-order valence-corrected chi connectivity index (χ2v) is 6.46. The number of benzene rings is 2. The second kappa shape index (κ2) is 6.48. The summed E-state index contributed by atoms with van der Waals surface area (Å²) in [4.78, 5) is 12.8. The number of hydrogen-bond donors (Lipinski definition) is 0. The van der Waals surface area contributed by atoms with Crippen LogP contribution in [-0.2, 0) is 13.1 Å². The van der Waals surface area contributed by atoms with Crippen LogP contribution in [0.1, 0.15) is 18.9 Å². The lowest BCUT2D eigenvalue weighted by molar-refractivity contribution is 0.297. The summed E-state index contributed by atoms with van der Waals surface area (Å²) in [7, 11) is 0. The molecule has 1 aliphatic heterocycles. The molecule has 0 amide bonds. The molecule has 25 heavy (non-hydrogen) atoms. The average molecular weight is 359 g/mol. The summed E-state index contributed by atoms with van der Waals surface area (Å²) < 4.78 is 15.0. The number of hydrogen-bond acceptors (Lipinski definition) is 3. The van der Waals surface area contributed by atoms with Crippen molar-refractivity contribution in [2.45, 2.75) is 26.4 Å². The Bertz CT molecular complexity index is 990. The molecule has 130 valence electrons. The topological polar surface area (TPSA) is 45.4 Å². The largest absolute Gasteiger partial charge is 0.489 e. The van der Waals surface area contributed by atoms with E-state index >= 15 is 0 Å². The van der Waals surface area contributed by atoms with Crippen molar-refractivity contribution in [2.24, 2.45) is 0 Å². The van der Waals surface area contributed by atoms with E-state index in [-0.39, 0.29) is 5.69 Å². The van der Waals surface area contributed by atoms with E-state index < -0.39 is 0 Å². The first-order valence-electron chi connectivity index (χ1n) is 8.45. The molecule has 4 rings (SSSR count). The van der Waals surface area contributed by atoms with E-state index in [2.05, 4.69) is 0 Å². The van der Waals surface area contributed by atoms with Crippen LogP contribution in [0, 0.1) is 0 Å². The maximum Gasteiger partial charge on any atom is 0.329 e. The van der Waals surface area contributed by atoms with Crippen molar-refractivity contribution in [3.63, 3.8) is 0 Å². The lowest BCUT2D eigenvalue weighted by Crippen LogP contribution is -2.24. The smallest absolute Gasteiger partial charge is 0.329 e. The van der Waals surface area contributed by atoms with Gasteiger partial charge in [-0.15, -0.1) is 0 Å². The third-order valence-electron chi connectivity index (χ3n) is 4.44. The molecule has 6 heteroatoms. The maximum atomic E-state index is 12.8. The molecule has 0 fully saturated rings. The normalized spacial score (nSPS) is 13.8. The standard InChI is InChI=1S/C19H19ClN2O3/c1-2-21-15-6-3-4-7-16(15)22(19(21)23)12-13-10-14(20)18-17(11-13)24-8-5-9-25-18/h3-4,6-7,10-11H,2,5,8-9,12H2,1H3. The number of imidazole rings is 1. The van der Waals surface area contributed by atoms with E-state index in [4.69, 9.17) is 21.1 Å². The zero-order chi connectivity index (χ0) is 17.4. The van der Waals surface area contributed by atoms with Gasteiger partial charge >= 0.3 is 5.69 Å². The fourth-order valence-electron chi connectivity index (χ4n) is 3.29. The van der Waals surface area contributed by atoms with Gasteiger partial charge in [-0.2, -0.15) is 0 Å². The van der Waals surface area contributed by atoms with Crippen LogP contribution < -0.4 is 15.2 Å². The summed E-state index contributed by atoms with van der Waals surface area (Å²) in [5, 5.41) is 0.515. The number of nitrogens with zero attached hydrogens (tertiary/aromatic N) is 2. The molecule has 3 aromatic rings. The van der Waals surface area contributed by atoms with Gasteiger partial charge in [0.2, 0.25) is 0 Å². The molecule has 0 aliphatic carbocycles. The molecule has 2 aromatic carbocycles. The van der Waals surface area contributed by atoms with E-state index in [1.54, 1.807) is 9.13 Å². The van der Waals surface area contributed by atoms with Gasteiger partial charge in [0.1, 0.15) is 0 Å². The van der Waals surface area contributed by atoms with Crippen molar-refractivity contribution in [1.82, 2.24) is 9.13 Å². The number of fused-ring (bicyclic) bond motifs is 2. The van der Waals surface area contributed by atoms with Gasteiger partial charge in [-0.1, -0.05) is 23.7 Å². The maximum absolute atomic E-state index is 12.8. The van der Waals surface area contributed by atoms with Crippen LogP contribution in [-0.4, -0.2) is 22.3 Å². The predicted octanol–water partition coefficient (Wildman–Crippen LogP) is 3.69. The average Bonchev–Trinajstić information content (AvgIpc) is 2.77. The van der Waals surface area contributed by atoms with Gasteiger partial charge < -0.3 is 9.47 Å². The van der Waals surface area contributed by atoms with Crippen molar-refractivity contribution in [1.29, 1.82) is 0 Å². The summed E-state index contributed by atoms with van der Waals surface area (Å²) in [6.45, 7) is 4.23. The van der Waals surface area contributed by atoms with Crippen LogP contribution in [0.15, 0.2) is 41.2 Å². The molecule has 0 bridgehead atoms. The molecular formula is C19H19ClN2O3. The minimum Gasteiger partial charge on any atom is -0.489 e. The summed E-state index contributed by atoms with van der Waals surface area (Å²) in [6, 6.07) is 11.6. The molecule has 1 aliphatic rings. The highest BCUT2D eigenvalue weighted by molar-refractivity contribution is 6.32. The van der Waals surface area contributed by atoms with E-state index in [1.165, 1.54) is 0 Å². The third-order valence-corrected chi connectivity index (χ3v) is 4.72. The van der Waals surface area contributed by atoms with E-state index in [0.29, 0.717) is 42.8 Å². The Hall–Kier alpha value is -2.40. The molecule has 0 saturated heterocycles. The number of aromatic nitrogens is 2. The SMILES string of the molecule is CCn1c(=O)n(Cc2cc(Cl)c3c(c2)OCCCO3)c2ccccc21. The highest BCUT2D eigenvalue weighted by atomic mass is 35.5. The van der Waals surface area contributed by atoms with Crippen molar-refractivity contribution < 1.29 is 9.47 Å². The van der Waals surface area contributed by atoms with Crippen molar-refractivity contribution in [2.75, 3.05) is 13.2 Å². The minimum absolute atomic E-state index is 0.0214. The molecule has 0 N–H and O–H groups in total. The monoisotopic (exact) mass is 358 g/mol. The lowest BCUT2D eigenvalue weighted by atomic mass is 10.2. The van der Waals surface area contributed by atoms with Crippen LogP contribution in [0.4, 0.5) is 0 Å². The number of rotatable bonds is 3. The van der Waals surface area contributed by atoms with Crippen LogP contribution in [0.25, 0.3) is 11.0 Å². The van der Waals surface area contributed by atoms with Gasteiger partial charge in [0.25, 0.3) is 0 Å². The van der Waals surface area contributed by atoms with E-state index in [1.807, 2.05) is 43.3 Å². The quantitative estimate of drug-likeness (QED) is 0.717. The number of para-hydroxylation sites is 2. The molecule has 1 aromatic heterocycles. The zero-order valence-corrected chi connectivity index (χ0v) is 14.8. The van der Waals surface area contributed by atoms with E-state index in [0.717, 1.165) is 23.0 Å². The summed E-state index contributed by atoms with van der Waals surface area (Å²) in [5.74, 6) is 1.23. The van der Waals surface area contributed by atoms with Crippen molar-refractivity contribution in [3.05, 3.63) is 57.5 Å². The third kappa shape index (κ3) is 2.78. The summed E-state index contributed by atoms with van der Waals surface area (Å²) in [6.07, 6.45) is 0.823. The summed E-state index contributed by atoms with van der Waals surface area (Å²) >= 11 is 6.38. The molecular weight excluding hydrogens is 340 g/mol. The van der Waals surface area contributed by atoms with Crippen LogP contribution in [0.3, 0.4) is 0 Å². The zero-order valence-electron chi connectivity index (χ0n) is 14.0. The van der Waals surface area contributed by atoms with Crippen LogP contribution >= 0.6 is 11.6 Å². The highest BCUT2D eigenvalue weighted by Crippen LogP contribution is 2.38. The first-order valence-corrected chi connectivity index (χ1v) is 8.83. The second-order valence-electron chi connectivity index (χ2n) is 6.06. The first-order chi connectivity index (χ1) is 12.2. The number of ether oxygens (including phenoxy) is 2. The summed E-state index contributed by atoms with van der Waals surface area (Å²) in [5.41, 5.74) is 2.75. The van der Waals surface area contributed by atoms with E-state index in [9.17, 15) is 4.79 Å². The highest BCUT2D eigenvalue weighted by Gasteiger charge is 2.17. The molecule has 0 radical (unpaired) electrons. The van der Waals surface area contributed by atoms with Gasteiger partial charge in [0.15, 0.2) is 11.5 Å². The Morgan fingerprint density at radius 1 is 1.08 bits per heavy atom. The molecule has 0 atom stereocenters. The number of halogens is 1. The van der Waals surface area contributed by atoms with Crippen LogP contribution in [0.2, 0.25) is 5.02 Å². The van der Waals surface area contributed by atoms with Crippen molar-refractivity contribution in [3.8, 4) is 11.5 Å². The van der Waals surface area contributed by atoms with Gasteiger partial charge in [-0.25, -0.2) is 4.79 Å². The Morgan fingerprint density at radius 2 is 1.80 bits per heavy atom. The fourth-order valence-corrected chi connectivity index (χ4v) is 3.58. The fraction of sp³-hybridized carbons (Fsp3) is 0.316. The Balaban J connectivity index is 1.80. The molecule has 0 saturated carbocycles. The van der Waals surface area contributed by atoms with Gasteiger partial charge in [-0.05, 0) is 36.8 Å².